The summed E-state index contributed by atoms with van der Waals surface area (Å²) in [5.41, 5.74) is 0. The number of nitrogens with zero attached hydrogens (tertiary/aromatic N) is 1. The van der Waals surface area contributed by atoms with Crippen LogP contribution in [0.4, 0.5) is 13.2 Å². The number of fused-ring (bicyclic) bond motifs is 1. The highest BCUT2D eigenvalue weighted by molar-refractivity contribution is 5.10. The van der Waals surface area contributed by atoms with Crippen molar-refractivity contribution >= 4 is 0 Å². The van der Waals surface area contributed by atoms with E-state index in [9.17, 15) is 18.3 Å². The number of rotatable bonds is 3. The molecular formula is C15H20F3NO2. The highest BCUT2D eigenvalue weighted by atomic mass is 19.4. The largest absolute Gasteiger partial charge is 0.455 e. The van der Waals surface area contributed by atoms with Crippen molar-refractivity contribution in [1.82, 2.24) is 4.90 Å². The molecule has 0 aliphatic heterocycles. The molecule has 2 unspecified atom stereocenters. The van der Waals surface area contributed by atoms with Gasteiger partial charge >= 0.3 is 6.18 Å². The van der Waals surface area contributed by atoms with E-state index >= 15 is 0 Å². The van der Waals surface area contributed by atoms with E-state index in [2.05, 4.69) is 4.90 Å². The molecule has 2 aliphatic carbocycles. The van der Waals surface area contributed by atoms with Crippen molar-refractivity contribution in [2.24, 2.45) is 11.8 Å². The fraction of sp³-hybridized carbons (Fsp3) is 0.733. The van der Waals surface area contributed by atoms with Crippen molar-refractivity contribution in [3.8, 4) is 0 Å². The molecule has 0 saturated heterocycles. The van der Waals surface area contributed by atoms with Crippen LogP contribution in [-0.4, -0.2) is 29.2 Å². The van der Waals surface area contributed by atoms with Crippen molar-refractivity contribution < 1.29 is 22.7 Å². The van der Waals surface area contributed by atoms with Gasteiger partial charge in [0.05, 0.1) is 12.6 Å². The molecule has 0 radical (unpaired) electrons. The Morgan fingerprint density at radius 3 is 2.33 bits per heavy atom. The van der Waals surface area contributed by atoms with Crippen LogP contribution in [-0.2, 0) is 12.7 Å². The van der Waals surface area contributed by atoms with Crippen LogP contribution in [0, 0.1) is 11.8 Å². The lowest BCUT2D eigenvalue weighted by Crippen LogP contribution is -2.29. The topological polar surface area (TPSA) is 36.6 Å². The van der Waals surface area contributed by atoms with Crippen molar-refractivity contribution in [3.05, 3.63) is 23.7 Å². The van der Waals surface area contributed by atoms with Gasteiger partial charge in [-0.05, 0) is 56.7 Å². The second-order valence-corrected chi connectivity index (χ2v) is 6.45. The number of aliphatic hydroxyl groups is 1. The average Bonchev–Trinajstić information content (AvgIpc) is 3.01. The second-order valence-electron chi connectivity index (χ2n) is 6.45. The molecule has 0 spiro atoms. The number of aliphatic hydroxyl groups excluding tert-OH is 1. The highest BCUT2D eigenvalue weighted by Gasteiger charge is 2.42. The Kier molecular flexibility index (Phi) is 3.78. The van der Waals surface area contributed by atoms with E-state index in [4.69, 9.17) is 4.42 Å². The second kappa shape index (κ2) is 5.32. The molecule has 2 aliphatic rings. The molecule has 2 fully saturated rings. The first kappa shape index (κ1) is 14.9. The molecule has 118 valence electrons. The maximum Gasteiger partial charge on any atom is 0.449 e. The summed E-state index contributed by atoms with van der Waals surface area (Å²) >= 11 is 0. The number of hydrogen-bond acceptors (Lipinski definition) is 3. The summed E-state index contributed by atoms with van der Waals surface area (Å²) in [4.78, 5) is 2.07. The summed E-state index contributed by atoms with van der Waals surface area (Å²) in [6.07, 6.45) is -0.805. The molecule has 3 rings (SSSR count). The molecule has 1 N–H and O–H groups in total. The smallest absolute Gasteiger partial charge is 0.449 e. The van der Waals surface area contributed by atoms with Crippen LogP contribution in [0.2, 0.25) is 0 Å². The van der Waals surface area contributed by atoms with E-state index < -0.39 is 11.9 Å². The monoisotopic (exact) mass is 303 g/mol. The standard InChI is InChI=1S/C15H20F3NO2/c1-19(8-13-2-3-14(21-13)15(16,17)18)11-4-9-6-12(20)7-10(9)5-11/h2-3,9-12,20H,4-8H2,1H3/t9-,10+,11?,12?. The van der Waals surface area contributed by atoms with Gasteiger partial charge in [0.25, 0.3) is 0 Å². The molecule has 1 aromatic heterocycles. The van der Waals surface area contributed by atoms with Crippen molar-refractivity contribution in [2.45, 2.75) is 50.6 Å². The predicted octanol–water partition coefficient (Wildman–Crippen LogP) is 3.28. The van der Waals surface area contributed by atoms with Crippen LogP contribution >= 0.6 is 0 Å². The molecular weight excluding hydrogens is 283 g/mol. The summed E-state index contributed by atoms with van der Waals surface area (Å²) in [5, 5.41) is 9.64. The molecule has 4 atom stereocenters. The molecule has 1 aromatic rings. The first-order chi connectivity index (χ1) is 9.83. The van der Waals surface area contributed by atoms with E-state index in [1.54, 1.807) is 0 Å². The summed E-state index contributed by atoms with van der Waals surface area (Å²) in [6, 6.07) is 2.76. The minimum atomic E-state index is -4.42. The van der Waals surface area contributed by atoms with Gasteiger partial charge in [-0.3, -0.25) is 4.90 Å². The third kappa shape index (κ3) is 3.11. The average molecular weight is 303 g/mol. The highest BCUT2D eigenvalue weighted by Crippen LogP contribution is 2.45. The lowest BCUT2D eigenvalue weighted by molar-refractivity contribution is -0.153. The Morgan fingerprint density at radius 2 is 1.81 bits per heavy atom. The molecule has 0 amide bonds. The van der Waals surface area contributed by atoms with Gasteiger partial charge in [-0.25, -0.2) is 0 Å². The van der Waals surface area contributed by atoms with Crippen LogP contribution in [0.25, 0.3) is 0 Å². The first-order valence-corrected chi connectivity index (χ1v) is 7.37. The summed E-state index contributed by atoms with van der Waals surface area (Å²) in [6.45, 7) is 0.392. The van der Waals surface area contributed by atoms with Gasteiger partial charge in [-0.2, -0.15) is 13.2 Å². The van der Waals surface area contributed by atoms with Gasteiger partial charge in [-0.15, -0.1) is 0 Å². The molecule has 0 bridgehead atoms. The fourth-order valence-electron chi connectivity index (χ4n) is 3.90. The van der Waals surface area contributed by atoms with Crippen LogP contribution in [0.5, 0.6) is 0 Å². The van der Waals surface area contributed by atoms with Gasteiger partial charge in [0.1, 0.15) is 5.76 Å². The zero-order chi connectivity index (χ0) is 15.2. The lowest BCUT2D eigenvalue weighted by Gasteiger charge is -2.24. The first-order valence-electron chi connectivity index (χ1n) is 7.37. The number of halogens is 3. The predicted molar refractivity (Wildman–Crippen MR) is 70.4 cm³/mol. The van der Waals surface area contributed by atoms with Gasteiger partial charge in [-0.1, -0.05) is 0 Å². The fourth-order valence-corrected chi connectivity index (χ4v) is 3.90. The zero-order valence-electron chi connectivity index (χ0n) is 11.9. The summed E-state index contributed by atoms with van der Waals surface area (Å²) < 4.78 is 42.4. The maximum absolute atomic E-state index is 12.5. The van der Waals surface area contributed by atoms with Crippen LogP contribution in [0.1, 0.15) is 37.2 Å². The van der Waals surface area contributed by atoms with Crippen LogP contribution in [0.15, 0.2) is 16.5 Å². The molecule has 0 aromatic carbocycles. The van der Waals surface area contributed by atoms with E-state index in [1.165, 1.54) is 6.07 Å². The normalized spacial score (nSPS) is 32.9. The van der Waals surface area contributed by atoms with Crippen molar-refractivity contribution in [1.29, 1.82) is 0 Å². The van der Waals surface area contributed by atoms with Gasteiger partial charge in [0.2, 0.25) is 5.76 Å². The Morgan fingerprint density at radius 1 is 1.19 bits per heavy atom. The van der Waals surface area contributed by atoms with E-state index in [-0.39, 0.29) is 6.10 Å². The molecule has 3 nitrogen and oxygen atoms in total. The quantitative estimate of drug-likeness (QED) is 0.931. The van der Waals surface area contributed by atoms with Gasteiger partial charge in [0.15, 0.2) is 0 Å². The Balaban J connectivity index is 1.58. The van der Waals surface area contributed by atoms with E-state index in [1.807, 2.05) is 7.05 Å². The van der Waals surface area contributed by atoms with Crippen LogP contribution in [0.3, 0.4) is 0 Å². The molecule has 1 heterocycles. The Labute approximate surface area is 121 Å². The van der Waals surface area contributed by atoms with E-state index in [0.717, 1.165) is 31.7 Å². The third-order valence-corrected chi connectivity index (χ3v) is 4.94. The molecule has 2 saturated carbocycles. The minimum absolute atomic E-state index is 0.161. The Hall–Kier alpha value is -1.01. The van der Waals surface area contributed by atoms with Crippen LogP contribution < -0.4 is 0 Å². The third-order valence-electron chi connectivity index (χ3n) is 4.94. The Bertz CT molecular complexity index is 485. The maximum atomic E-state index is 12.5. The van der Waals surface area contributed by atoms with E-state index in [0.29, 0.717) is 30.2 Å². The SMILES string of the molecule is CN(Cc1ccc(C(F)(F)F)o1)C1C[C@H]2CC(O)C[C@H]2C1. The zero-order valence-corrected chi connectivity index (χ0v) is 11.9. The van der Waals surface area contributed by atoms with Crippen molar-refractivity contribution in [3.63, 3.8) is 0 Å². The molecule has 21 heavy (non-hydrogen) atoms. The van der Waals surface area contributed by atoms with Gasteiger partial charge < -0.3 is 9.52 Å². The molecule has 6 heteroatoms. The van der Waals surface area contributed by atoms with Gasteiger partial charge in [0, 0.05) is 6.04 Å². The minimum Gasteiger partial charge on any atom is -0.455 e. The summed E-state index contributed by atoms with van der Waals surface area (Å²) in [7, 11) is 1.93. The number of hydrogen-bond donors (Lipinski definition) is 1. The van der Waals surface area contributed by atoms with Crippen molar-refractivity contribution in [2.75, 3.05) is 7.05 Å². The number of alkyl halides is 3. The summed E-state index contributed by atoms with van der Waals surface area (Å²) in [5.74, 6) is 0.545. The lowest BCUT2D eigenvalue weighted by atomic mass is 10.0. The number of furan rings is 1.